The molecule has 1 heterocycles. The van der Waals surface area contributed by atoms with Gasteiger partial charge in [-0.05, 0) is 38.3 Å². The summed E-state index contributed by atoms with van der Waals surface area (Å²) in [7, 11) is 0. The van der Waals surface area contributed by atoms with E-state index < -0.39 is 5.97 Å². The van der Waals surface area contributed by atoms with Crippen LogP contribution in [0.5, 0.6) is 0 Å². The number of furan rings is 1. The summed E-state index contributed by atoms with van der Waals surface area (Å²) in [6.45, 7) is 4.20. The van der Waals surface area contributed by atoms with Crippen LogP contribution in [-0.4, -0.2) is 31.1 Å². The average Bonchev–Trinajstić information content (AvgIpc) is 3.14. The topological polar surface area (TPSA) is 77.8 Å². The summed E-state index contributed by atoms with van der Waals surface area (Å²) in [5, 5.41) is 3.66. The number of para-hydroxylation sites is 1. The summed E-state index contributed by atoms with van der Waals surface area (Å²) >= 11 is 0. The predicted molar refractivity (Wildman–Crippen MR) is 114 cm³/mol. The van der Waals surface area contributed by atoms with E-state index in [2.05, 4.69) is 17.4 Å². The van der Waals surface area contributed by atoms with Crippen molar-refractivity contribution in [3.05, 3.63) is 71.5 Å². The number of rotatable bonds is 10. The van der Waals surface area contributed by atoms with Crippen LogP contribution in [0.3, 0.4) is 0 Å². The SMILES string of the molecule is CCOCc1c(C(=O)OCC(=O)N[C@@H](C)CCc2ccccc2)oc2ccccc12. The fourth-order valence-electron chi connectivity index (χ4n) is 3.22. The van der Waals surface area contributed by atoms with E-state index in [1.807, 2.05) is 50.2 Å². The Morgan fingerprint density at radius 2 is 1.80 bits per heavy atom. The summed E-state index contributed by atoms with van der Waals surface area (Å²) in [6.07, 6.45) is 1.66. The van der Waals surface area contributed by atoms with Crippen LogP contribution >= 0.6 is 0 Å². The van der Waals surface area contributed by atoms with Crippen LogP contribution in [0.25, 0.3) is 11.0 Å². The molecule has 3 rings (SSSR count). The molecular formula is C24H27NO5. The van der Waals surface area contributed by atoms with Crippen LogP contribution in [0, 0.1) is 0 Å². The Hall–Kier alpha value is -3.12. The number of ether oxygens (including phenoxy) is 2. The molecule has 0 aliphatic heterocycles. The van der Waals surface area contributed by atoms with Gasteiger partial charge in [-0.1, -0.05) is 48.5 Å². The molecule has 0 radical (unpaired) electrons. The van der Waals surface area contributed by atoms with Crippen molar-refractivity contribution in [2.75, 3.05) is 13.2 Å². The molecule has 0 saturated carbocycles. The summed E-state index contributed by atoms with van der Waals surface area (Å²) in [5.41, 5.74) is 2.43. The van der Waals surface area contributed by atoms with E-state index in [0.29, 0.717) is 17.8 Å². The molecule has 1 N–H and O–H groups in total. The molecule has 2 aromatic carbocycles. The molecular weight excluding hydrogens is 382 g/mol. The van der Waals surface area contributed by atoms with Gasteiger partial charge in [-0.15, -0.1) is 0 Å². The van der Waals surface area contributed by atoms with E-state index in [4.69, 9.17) is 13.9 Å². The fourth-order valence-corrected chi connectivity index (χ4v) is 3.22. The molecule has 1 aromatic heterocycles. The lowest BCUT2D eigenvalue weighted by Crippen LogP contribution is -2.36. The summed E-state index contributed by atoms with van der Waals surface area (Å²) < 4.78 is 16.3. The van der Waals surface area contributed by atoms with Gasteiger partial charge in [-0.2, -0.15) is 0 Å². The van der Waals surface area contributed by atoms with Gasteiger partial charge in [0.1, 0.15) is 5.58 Å². The lowest BCUT2D eigenvalue weighted by Gasteiger charge is -2.14. The zero-order chi connectivity index (χ0) is 21.3. The number of benzene rings is 2. The molecule has 0 aliphatic carbocycles. The molecule has 0 aliphatic rings. The van der Waals surface area contributed by atoms with Gasteiger partial charge in [0, 0.05) is 23.6 Å². The molecule has 1 atom stereocenters. The van der Waals surface area contributed by atoms with Gasteiger partial charge < -0.3 is 19.2 Å². The highest BCUT2D eigenvalue weighted by Crippen LogP contribution is 2.27. The number of carbonyl (C=O) groups is 2. The maximum atomic E-state index is 12.5. The van der Waals surface area contributed by atoms with Gasteiger partial charge in [-0.3, -0.25) is 4.79 Å². The van der Waals surface area contributed by atoms with Crippen LogP contribution in [0.2, 0.25) is 0 Å². The molecule has 30 heavy (non-hydrogen) atoms. The van der Waals surface area contributed by atoms with Crippen LogP contribution < -0.4 is 5.32 Å². The van der Waals surface area contributed by atoms with Gasteiger partial charge in [0.15, 0.2) is 6.61 Å². The maximum Gasteiger partial charge on any atom is 0.375 e. The van der Waals surface area contributed by atoms with Gasteiger partial charge in [-0.25, -0.2) is 4.79 Å². The van der Waals surface area contributed by atoms with Crippen molar-refractivity contribution in [3.63, 3.8) is 0 Å². The predicted octanol–water partition coefficient (Wildman–Crippen LogP) is 4.26. The van der Waals surface area contributed by atoms with Crippen molar-refractivity contribution in [2.24, 2.45) is 0 Å². The van der Waals surface area contributed by atoms with Gasteiger partial charge in [0.25, 0.3) is 5.91 Å². The van der Waals surface area contributed by atoms with E-state index >= 15 is 0 Å². The second-order valence-corrected chi connectivity index (χ2v) is 7.11. The number of amides is 1. The molecule has 0 saturated heterocycles. The molecule has 0 bridgehead atoms. The second kappa shape index (κ2) is 10.6. The third-order valence-electron chi connectivity index (χ3n) is 4.78. The Kier molecular flexibility index (Phi) is 7.63. The summed E-state index contributed by atoms with van der Waals surface area (Å²) in [5.74, 6) is -0.936. The third-order valence-corrected chi connectivity index (χ3v) is 4.78. The number of hydrogen-bond acceptors (Lipinski definition) is 5. The first-order valence-corrected chi connectivity index (χ1v) is 10.2. The van der Waals surface area contributed by atoms with Crippen molar-refractivity contribution in [3.8, 4) is 0 Å². The number of nitrogens with one attached hydrogen (secondary N) is 1. The van der Waals surface area contributed by atoms with E-state index in [9.17, 15) is 9.59 Å². The number of fused-ring (bicyclic) bond motifs is 1. The third kappa shape index (κ3) is 5.70. The highest BCUT2D eigenvalue weighted by Gasteiger charge is 2.22. The van der Waals surface area contributed by atoms with Gasteiger partial charge >= 0.3 is 5.97 Å². The van der Waals surface area contributed by atoms with Gasteiger partial charge in [0.2, 0.25) is 5.76 Å². The molecule has 6 heteroatoms. The van der Waals surface area contributed by atoms with Crippen LogP contribution in [-0.2, 0) is 27.3 Å². The van der Waals surface area contributed by atoms with Crippen LogP contribution in [0.1, 0.15) is 41.9 Å². The van der Waals surface area contributed by atoms with E-state index in [1.54, 1.807) is 6.07 Å². The molecule has 3 aromatic rings. The van der Waals surface area contributed by atoms with E-state index in [0.717, 1.165) is 18.2 Å². The minimum Gasteiger partial charge on any atom is -0.450 e. The van der Waals surface area contributed by atoms with E-state index in [-0.39, 0.29) is 30.9 Å². The summed E-state index contributed by atoms with van der Waals surface area (Å²) in [6, 6.07) is 17.4. The Morgan fingerprint density at radius 1 is 1.07 bits per heavy atom. The first-order chi connectivity index (χ1) is 14.6. The number of aryl methyl sites for hydroxylation is 1. The van der Waals surface area contributed by atoms with Gasteiger partial charge in [0.05, 0.1) is 6.61 Å². The van der Waals surface area contributed by atoms with Crippen molar-refractivity contribution < 1.29 is 23.5 Å². The zero-order valence-electron chi connectivity index (χ0n) is 17.4. The lowest BCUT2D eigenvalue weighted by molar-refractivity contribution is -0.124. The molecule has 158 valence electrons. The van der Waals surface area contributed by atoms with Crippen LogP contribution in [0.15, 0.2) is 59.0 Å². The second-order valence-electron chi connectivity index (χ2n) is 7.11. The summed E-state index contributed by atoms with van der Waals surface area (Å²) in [4.78, 5) is 24.7. The maximum absolute atomic E-state index is 12.5. The normalized spacial score (nSPS) is 11.9. The van der Waals surface area contributed by atoms with Crippen molar-refractivity contribution >= 4 is 22.8 Å². The Balaban J connectivity index is 1.54. The van der Waals surface area contributed by atoms with Crippen molar-refractivity contribution in [2.45, 2.75) is 39.3 Å². The standard InChI is InChI=1S/C24H27NO5/c1-3-28-15-20-19-11-7-8-12-21(19)30-23(20)24(27)29-16-22(26)25-17(2)13-14-18-9-5-4-6-10-18/h4-12,17H,3,13-16H2,1-2H3,(H,25,26)/t17-/m0/s1. The minimum absolute atomic E-state index is 0.0314. The Labute approximate surface area is 176 Å². The molecule has 0 spiro atoms. The minimum atomic E-state index is -0.673. The van der Waals surface area contributed by atoms with Crippen LogP contribution in [0.4, 0.5) is 0 Å². The fraction of sp³-hybridized carbons (Fsp3) is 0.333. The molecule has 6 nitrogen and oxygen atoms in total. The average molecular weight is 409 g/mol. The smallest absolute Gasteiger partial charge is 0.375 e. The van der Waals surface area contributed by atoms with Crippen molar-refractivity contribution in [1.82, 2.24) is 5.32 Å². The zero-order valence-corrected chi connectivity index (χ0v) is 17.4. The molecule has 1 amide bonds. The molecule has 0 fully saturated rings. The first-order valence-electron chi connectivity index (χ1n) is 10.2. The number of hydrogen-bond donors (Lipinski definition) is 1. The quantitative estimate of drug-likeness (QED) is 0.506. The highest BCUT2D eigenvalue weighted by molar-refractivity contribution is 5.96. The van der Waals surface area contributed by atoms with E-state index in [1.165, 1.54) is 5.56 Å². The number of esters is 1. The lowest BCUT2D eigenvalue weighted by atomic mass is 10.1. The highest BCUT2D eigenvalue weighted by atomic mass is 16.5. The Morgan fingerprint density at radius 3 is 2.57 bits per heavy atom. The first kappa shape index (κ1) is 21.6. The number of carbonyl (C=O) groups excluding carboxylic acids is 2. The Bertz CT molecular complexity index is 980. The van der Waals surface area contributed by atoms with Crippen molar-refractivity contribution in [1.29, 1.82) is 0 Å². The monoisotopic (exact) mass is 409 g/mol. The molecule has 0 unspecified atom stereocenters. The largest absolute Gasteiger partial charge is 0.450 e.